The quantitative estimate of drug-likeness (QED) is 0.642. The van der Waals surface area contributed by atoms with Gasteiger partial charge < -0.3 is 18.9 Å². The molecule has 0 aliphatic carbocycles. The van der Waals surface area contributed by atoms with Crippen molar-refractivity contribution in [2.45, 2.75) is 19.6 Å². The van der Waals surface area contributed by atoms with Gasteiger partial charge in [-0.1, -0.05) is 47.1 Å². The lowest BCUT2D eigenvalue weighted by Crippen LogP contribution is -2.53. The number of nitrogens with zero attached hydrogens (tertiary/aromatic N) is 4. The fraction of sp³-hybridized carbons (Fsp3) is 0.348. The minimum absolute atomic E-state index is 0.0337. The maximum Gasteiger partial charge on any atom is 0.267 e. The largest absolute Gasteiger partial charge is 0.485 e. The van der Waals surface area contributed by atoms with Crippen LogP contribution in [0.25, 0.3) is 11.4 Å². The van der Waals surface area contributed by atoms with E-state index in [1.165, 1.54) is 5.56 Å². The third-order valence-corrected chi connectivity index (χ3v) is 5.60. The van der Waals surface area contributed by atoms with Crippen LogP contribution < -0.4 is 9.47 Å². The second-order valence-electron chi connectivity index (χ2n) is 7.84. The van der Waals surface area contributed by atoms with Gasteiger partial charge in [0.15, 0.2) is 11.5 Å². The molecule has 1 aromatic heterocycles. The van der Waals surface area contributed by atoms with Crippen molar-refractivity contribution in [2.24, 2.45) is 0 Å². The van der Waals surface area contributed by atoms with E-state index in [0.717, 1.165) is 18.7 Å². The molecule has 2 aromatic carbocycles. The Morgan fingerprint density at radius 1 is 1.03 bits per heavy atom. The third kappa shape index (κ3) is 4.25. The maximum atomic E-state index is 12.9. The molecule has 8 nitrogen and oxygen atoms in total. The molecular weight excluding hydrogens is 396 g/mol. The Bertz CT molecular complexity index is 1060. The number of amides is 1. The number of hydrogen-bond acceptors (Lipinski definition) is 7. The molecule has 1 fully saturated rings. The number of aromatic nitrogens is 2. The number of carbonyl (C=O) groups excluding carboxylic acids is 1. The van der Waals surface area contributed by atoms with Crippen molar-refractivity contribution in [2.75, 3.05) is 32.8 Å². The van der Waals surface area contributed by atoms with Gasteiger partial charge in [0.1, 0.15) is 6.61 Å². The van der Waals surface area contributed by atoms with Crippen molar-refractivity contribution in [3.05, 3.63) is 60.0 Å². The normalized spacial score (nSPS) is 18.7. The predicted octanol–water partition coefficient (Wildman–Crippen LogP) is 2.53. The summed E-state index contributed by atoms with van der Waals surface area (Å²) in [7, 11) is 0. The molecule has 1 unspecified atom stereocenters. The second-order valence-corrected chi connectivity index (χ2v) is 7.84. The Kier molecular flexibility index (Phi) is 5.30. The summed E-state index contributed by atoms with van der Waals surface area (Å²) in [6.07, 6.45) is -0.602. The van der Waals surface area contributed by atoms with Crippen LogP contribution in [0.5, 0.6) is 11.5 Å². The monoisotopic (exact) mass is 420 g/mol. The van der Waals surface area contributed by atoms with Crippen LogP contribution >= 0.6 is 0 Å². The highest BCUT2D eigenvalue weighted by molar-refractivity contribution is 5.82. The van der Waals surface area contributed by atoms with Gasteiger partial charge in [-0.25, -0.2) is 0 Å². The zero-order valence-corrected chi connectivity index (χ0v) is 17.4. The molecule has 0 spiro atoms. The minimum Gasteiger partial charge on any atom is -0.485 e. The van der Waals surface area contributed by atoms with Crippen molar-refractivity contribution in [1.29, 1.82) is 0 Å². The van der Waals surface area contributed by atoms with E-state index in [2.05, 4.69) is 15.0 Å². The molecule has 31 heavy (non-hydrogen) atoms. The van der Waals surface area contributed by atoms with Crippen LogP contribution in [0.4, 0.5) is 0 Å². The van der Waals surface area contributed by atoms with Gasteiger partial charge in [0.25, 0.3) is 5.91 Å². The third-order valence-electron chi connectivity index (χ3n) is 5.60. The zero-order chi connectivity index (χ0) is 21.2. The molecule has 1 saturated heterocycles. The Hall–Kier alpha value is -3.39. The number of ether oxygens (including phenoxy) is 2. The molecule has 3 aromatic rings. The molecule has 0 saturated carbocycles. The topological polar surface area (TPSA) is 80.9 Å². The van der Waals surface area contributed by atoms with Crippen molar-refractivity contribution < 1.29 is 18.8 Å². The molecule has 1 amide bonds. The lowest BCUT2D eigenvalue weighted by Gasteiger charge is -2.36. The summed E-state index contributed by atoms with van der Waals surface area (Å²) in [5.74, 6) is 2.44. The van der Waals surface area contributed by atoms with Gasteiger partial charge in [0.05, 0.1) is 6.54 Å². The Morgan fingerprint density at radius 3 is 2.55 bits per heavy atom. The lowest BCUT2D eigenvalue weighted by atomic mass is 10.1. The van der Waals surface area contributed by atoms with Crippen molar-refractivity contribution >= 4 is 5.91 Å². The van der Waals surface area contributed by atoms with E-state index < -0.39 is 6.10 Å². The highest BCUT2D eigenvalue weighted by atomic mass is 16.6. The minimum atomic E-state index is -0.602. The number of piperazine rings is 1. The van der Waals surface area contributed by atoms with Gasteiger partial charge >= 0.3 is 0 Å². The molecule has 8 heteroatoms. The highest BCUT2D eigenvalue weighted by Crippen LogP contribution is 2.31. The van der Waals surface area contributed by atoms with E-state index in [9.17, 15) is 4.79 Å². The van der Waals surface area contributed by atoms with Crippen LogP contribution in [-0.4, -0.2) is 64.7 Å². The van der Waals surface area contributed by atoms with Crippen molar-refractivity contribution in [3.63, 3.8) is 0 Å². The molecule has 1 atom stereocenters. The number of benzene rings is 2. The molecule has 2 aliphatic rings. The van der Waals surface area contributed by atoms with Crippen LogP contribution in [0.15, 0.2) is 53.1 Å². The first-order valence-corrected chi connectivity index (χ1v) is 10.4. The van der Waals surface area contributed by atoms with Gasteiger partial charge in [-0.3, -0.25) is 9.69 Å². The molecule has 0 N–H and O–H groups in total. The van der Waals surface area contributed by atoms with Gasteiger partial charge in [-0.05, 0) is 19.1 Å². The number of para-hydroxylation sites is 2. The average Bonchev–Trinajstić information content (AvgIpc) is 3.27. The molecule has 0 radical (unpaired) electrons. The van der Waals surface area contributed by atoms with Gasteiger partial charge in [0.2, 0.25) is 17.8 Å². The smallest absolute Gasteiger partial charge is 0.267 e. The summed E-state index contributed by atoms with van der Waals surface area (Å²) in [5.41, 5.74) is 2.13. The molecular formula is C23H24N4O4. The summed E-state index contributed by atoms with van der Waals surface area (Å²) in [4.78, 5) is 21.4. The fourth-order valence-electron chi connectivity index (χ4n) is 3.80. The molecule has 2 aliphatic heterocycles. The molecule has 5 rings (SSSR count). The number of carbonyl (C=O) groups is 1. The van der Waals surface area contributed by atoms with Crippen molar-refractivity contribution in [1.82, 2.24) is 19.9 Å². The SMILES string of the molecule is Cc1ccc(-c2noc(CN3CCN(C(=O)C4COc5ccccc5O4)CC3)n2)cc1. The van der Waals surface area contributed by atoms with Gasteiger partial charge in [0, 0.05) is 31.7 Å². The summed E-state index contributed by atoms with van der Waals surface area (Å²) in [6, 6.07) is 15.5. The summed E-state index contributed by atoms with van der Waals surface area (Å²) < 4.78 is 17.0. The average molecular weight is 420 g/mol. The maximum absolute atomic E-state index is 12.9. The Labute approximate surface area is 180 Å². The predicted molar refractivity (Wildman–Crippen MR) is 113 cm³/mol. The highest BCUT2D eigenvalue weighted by Gasteiger charge is 2.32. The van der Waals surface area contributed by atoms with Crippen LogP contribution in [0.1, 0.15) is 11.5 Å². The van der Waals surface area contributed by atoms with E-state index in [1.54, 1.807) is 0 Å². The van der Waals surface area contributed by atoms with Crippen LogP contribution in [0, 0.1) is 6.92 Å². The van der Waals surface area contributed by atoms with E-state index in [0.29, 0.717) is 42.8 Å². The first-order chi connectivity index (χ1) is 15.2. The number of fused-ring (bicyclic) bond motifs is 1. The van der Waals surface area contributed by atoms with Crippen LogP contribution in [0.3, 0.4) is 0 Å². The van der Waals surface area contributed by atoms with E-state index in [4.69, 9.17) is 14.0 Å². The first-order valence-electron chi connectivity index (χ1n) is 10.4. The summed E-state index contributed by atoms with van der Waals surface area (Å²) in [6.45, 7) is 5.56. The first kappa shape index (κ1) is 19.6. The standard InChI is InChI=1S/C23H24N4O4/c1-16-6-8-17(9-7-16)22-24-21(31-25-22)14-26-10-12-27(13-11-26)23(28)20-15-29-18-4-2-3-5-19(18)30-20/h2-9,20H,10-15H2,1H3. The summed E-state index contributed by atoms with van der Waals surface area (Å²) in [5, 5.41) is 4.10. The molecule has 160 valence electrons. The Morgan fingerprint density at radius 2 is 1.77 bits per heavy atom. The van der Waals surface area contributed by atoms with Gasteiger partial charge in [-0.15, -0.1) is 0 Å². The Balaban J connectivity index is 1.14. The number of rotatable bonds is 4. The van der Waals surface area contributed by atoms with E-state index in [1.807, 2.05) is 60.4 Å². The number of hydrogen-bond donors (Lipinski definition) is 0. The number of aryl methyl sites for hydroxylation is 1. The van der Waals surface area contributed by atoms with Crippen LogP contribution in [-0.2, 0) is 11.3 Å². The molecule has 3 heterocycles. The lowest BCUT2D eigenvalue weighted by molar-refractivity contribution is -0.143. The van der Waals surface area contributed by atoms with E-state index in [-0.39, 0.29) is 12.5 Å². The zero-order valence-electron chi connectivity index (χ0n) is 17.4. The summed E-state index contributed by atoms with van der Waals surface area (Å²) >= 11 is 0. The fourth-order valence-corrected chi connectivity index (χ4v) is 3.80. The second kappa shape index (κ2) is 8.39. The van der Waals surface area contributed by atoms with Gasteiger partial charge in [-0.2, -0.15) is 4.98 Å². The van der Waals surface area contributed by atoms with Crippen molar-refractivity contribution in [3.8, 4) is 22.9 Å². The van der Waals surface area contributed by atoms with Crippen LogP contribution in [0.2, 0.25) is 0 Å². The molecule has 0 bridgehead atoms. The van der Waals surface area contributed by atoms with E-state index >= 15 is 0 Å².